The van der Waals surface area contributed by atoms with Gasteiger partial charge in [-0.05, 0) is 64.7 Å². The van der Waals surface area contributed by atoms with Crippen LogP contribution < -0.4 is 11.1 Å². The Morgan fingerprint density at radius 2 is 2.00 bits per heavy atom. The van der Waals surface area contributed by atoms with Gasteiger partial charge in [0.25, 0.3) is 0 Å². The van der Waals surface area contributed by atoms with Gasteiger partial charge in [-0.25, -0.2) is 0 Å². The molecule has 0 spiro atoms. The second-order valence-corrected chi connectivity index (χ2v) is 7.10. The molecule has 0 aromatic rings. The molecule has 2 rings (SSSR count). The number of nitrogens with zero attached hydrogens (tertiary/aromatic N) is 3. The first-order valence-electron chi connectivity index (χ1n) is 9.12. The van der Waals surface area contributed by atoms with Gasteiger partial charge in [0.15, 0.2) is 5.96 Å². The Hall–Kier alpha value is -0.810. The van der Waals surface area contributed by atoms with Crippen LogP contribution in [-0.2, 0) is 0 Å². The van der Waals surface area contributed by atoms with Gasteiger partial charge in [-0.2, -0.15) is 0 Å². The molecular formula is C17H35N5. The van der Waals surface area contributed by atoms with Crippen LogP contribution >= 0.6 is 0 Å². The maximum absolute atomic E-state index is 6.04. The maximum atomic E-state index is 6.04. The van der Waals surface area contributed by atoms with Crippen LogP contribution in [0.2, 0.25) is 0 Å². The lowest BCUT2D eigenvalue weighted by molar-refractivity contribution is 0.150. The van der Waals surface area contributed by atoms with Crippen molar-refractivity contribution in [1.29, 1.82) is 0 Å². The van der Waals surface area contributed by atoms with E-state index in [2.05, 4.69) is 40.9 Å². The largest absolute Gasteiger partial charge is 0.370 e. The first-order chi connectivity index (χ1) is 10.6. The topological polar surface area (TPSA) is 56.9 Å². The summed E-state index contributed by atoms with van der Waals surface area (Å²) in [5, 5.41) is 3.32. The van der Waals surface area contributed by atoms with E-state index in [-0.39, 0.29) is 0 Å². The van der Waals surface area contributed by atoms with E-state index in [1.165, 1.54) is 45.3 Å². The van der Waals surface area contributed by atoms with Gasteiger partial charge in [0.05, 0.1) is 6.54 Å². The zero-order valence-electron chi connectivity index (χ0n) is 14.7. The minimum Gasteiger partial charge on any atom is -0.370 e. The highest BCUT2D eigenvalue weighted by Gasteiger charge is 2.23. The Labute approximate surface area is 136 Å². The molecule has 2 unspecified atom stereocenters. The van der Waals surface area contributed by atoms with Crippen molar-refractivity contribution in [2.45, 2.75) is 58.5 Å². The average molecular weight is 310 g/mol. The molecule has 0 radical (unpaired) electrons. The lowest BCUT2D eigenvalue weighted by Gasteiger charge is -2.34. The van der Waals surface area contributed by atoms with E-state index in [4.69, 9.17) is 5.73 Å². The van der Waals surface area contributed by atoms with Gasteiger partial charge in [0, 0.05) is 18.6 Å². The normalized spacial score (nSPS) is 27.2. The molecule has 2 saturated heterocycles. The third kappa shape index (κ3) is 5.13. The molecule has 0 saturated carbocycles. The summed E-state index contributed by atoms with van der Waals surface area (Å²) in [6.07, 6.45) is 5.21. The van der Waals surface area contributed by atoms with Crippen molar-refractivity contribution < 1.29 is 0 Å². The smallest absolute Gasteiger partial charge is 0.188 e. The summed E-state index contributed by atoms with van der Waals surface area (Å²) >= 11 is 0. The van der Waals surface area contributed by atoms with Gasteiger partial charge in [-0.15, -0.1) is 0 Å². The van der Waals surface area contributed by atoms with Crippen LogP contribution in [0.5, 0.6) is 0 Å². The van der Waals surface area contributed by atoms with E-state index in [0.29, 0.717) is 18.0 Å². The average Bonchev–Trinajstić information content (AvgIpc) is 2.98. The number of rotatable bonds is 6. The number of nitrogens with two attached hydrogens (primary N) is 1. The van der Waals surface area contributed by atoms with Crippen molar-refractivity contribution in [2.75, 3.05) is 39.3 Å². The molecule has 2 atom stereocenters. The SMILES string of the molecule is CCN1CCCC1CNC(N)=NCC(C)N1CCC(C)CC1. The van der Waals surface area contributed by atoms with Crippen LogP contribution in [-0.4, -0.2) is 67.1 Å². The van der Waals surface area contributed by atoms with Crippen LogP contribution in [0.4, 0.5) is 0 Å². The van der Waals surface area contributed by atoms with Gasteiger partial charge < -0.3 is 11.1 Å². The molecule has 128 valence electrons. The first kappa shape index (κ1) is 17.5. The number of aliphatic imine (C=N–C) groups is 1. The monoisotopic (exact) mass is 309 g/mol. The summed E-state index contributed by atoms with van der Waals surface area (Å²) in [6.45, 7) is 13.4. The quantitative estimate of drug-likeness (QED) is 0.577. The number of likely N-dealkylation sites (N-methyl/N-ethyl adjacent to an activating group) is 1. The summed E-state index contributed by atoms with van der Waals surface area (Å²) in [4.78, 5) is 9.63. The molecule has 5 nitrogen and oxygen atoms in total. The molecule has 0 aromatic heterocycles. The lowest BCUT2D eigenvalue weighted by atomic mass is 9.98. The maximum Gasteiger partial charge on any atom is 0.188 e. The standard InChI is InChI=1S/C17H35N5/c1-4-21-9-5-6-16(21)13-20-17(18)19-12-15(3)22-10-7-14(2)8-11-22/h14-16H,4-13H2,1-3H3,(H3,18,19,20). The van der Waals surface area contributed by atoms with E-state index in [0.717, 1.165) is 25.6 Å². The van der Waals surface area contributed by atoms with Crippen molar-refractivity contribution in [3.63, 3.8) is 0 Å². The van der Waals surface area contributed by atoms with Gasteiger partial charge in [-0.3, -0.25) is 14.8 Å². The Morgan fingerprint density at radius 3 is 2.68 bits per heavy atom. The van der Waals surface area contributed by atoms with E-state index in [9.17, 15) is 0 Å². The number of hydrogen-bond acceptors (Lipinski definition) is 3. The summed E-state index contributed by atoms with van der Waals surface area (Å²) in [6, 6.07) is 1.12. The third-order valence-electron chi connectivity index (χ3n) is 5.39. The van der Waals surface area contributed by atoms with Gasteiger partial charge >= 0.3 is 0 Å². The molecule has 2 heterocycles. The first-order valence-corrected chi connectivity index (χ1v) is 9.12. The fraction of sp³-hybridized carbons (Fsp3) is 0.941. The molecule has 5 heteroatoms. The number of guanidine groups is 1. The zero-order chi connectivity index (χ0) is 15.9. The zero-order valence-corrected chi connectivity index (χ0v) is 14.7. The predicted octanol–water partition coefficient (Wildman–Crippen LogP) is 1.50. The third-order valence-corrected chi connectivity index (χ3v) is 5.39. The van der Waals surface area contributed by atoms with Crippen molar-refractivity contribution in [1.82, 2.24) is 15.1 Å². The van der Waals surface area contributed by atoms with E-state index in [1.54, 1.807) is 0 Å². The van der Waals surface area contributed by atoms with Crippen LogP contribution in [0.25, 0.3) is 0 Å². The van der Waals surface area contributed by atoms with Crippen LogP contribution in [0.1, 0.15) is 46.5 Å². The van der Waals surface area contributed by atoms with E-state index >= 15 is 0 Å². The Balaban J connectivity index is 1.68. The molecule has 0 bridgehead atoms. The van der Waals surface area contributed by atoms with E-state index < -0.39 is 0 Å². The minimum atomic E-state index is 0.492. The number of piperidine rings is 1. The Kier molecular flexibility index (Phi) is 6.96. The number of nitrogens with one attached hydrogen (secondary N) is 1. The summed E-state index contributed by atoms with van der Waals surface area (Å²) in [5.41, 5.74) is 6.04. The summed E-state index contributed by atoms with van der Waals surface area (Å²) < 4.78 is 0. The molecule has 0 amide bonds. The highest BCUT2D eigenvalue weighted by Crippen LogP contribution is 2.18. The highest BCUT2D eigenvalue weighted by molar-refractivity contribution is 5.77. The minimum absolute atomic E-state index is 0.492. The Bertz CT molecular complexity index is 349. The second kappa shape index (κ2) is 8.73. The molecule has 0 aliphatic carbocycles. The number of hydrogen-bond donors (Lipinski definition) is 2. The predicted molar refractivity (Wildman–Crippen MR) is 94.2 cm³/mol. The molecule has 2 fully saturated rings. The van der Waals surface area contributed by atoms with Crippen molar-refractivity contribution in [2.24, 2.45) is 16.6 Å². The van der Waals surface area contributed by atoms with Crippen LogP contribution in [0, 0.1) is 5.92 Å². The molecule has 0 aromatic carbocycles. The molecule has 2 aliphatic rings. The van der Waals surface area contributed by atoms with Crippen LogP contribution in [0.3, 0.4) is 0 Å². The number of likely N-dealkylation sites (tertiary alicyclic amines) is 2. The molecule has 22 heavy (non-hydrogen) atoms. The van der Waals surface area contributed by atoms with Crippen molar-refractivity contribution >= 4 is 5.96 Å². The Morgan fingerprint density at radius 1 is 1.27 bits per heavy atom. The fourth-order valence-corrected chi connectivity index (χ4v) is 3.64. The van der Waals surface area contributed by atoms with Gasteiger partial charge in [0.1, 0.15) is 0 Å². The summed E-state index contributed by atoms with van der Waals surface area (Å²) in [7, 11) is 0. The lowest BCUT2D eigenvalue weighted by Crippen LogP contribution is -2.44. The second-order valence-electron chi connectivity index (χ2n) is 7.10. The van der Waals surface area contributed by atoms with E-state index in [1.807, 2.05) is 0 Å². The van der Waals surface area contributed by atoms with Crippen molar-refractivity contribution in [3.05, 3.63) is 0 Å². The van der Waals surface area contributed by atoms with Crippen molar-refractivity contribution in [3.8, 4) is 0 Å². The van der Waals surface area contributed by atoms with Gasteiger partial charge in [-0.1, -0.05) is 13.8 Å². The molecule has 3 N–H and O–H groups in total. The summed E-state index contributed by atoms with van der Waals surface area (Å²) in [5.74, 6) is 1.49. The van der Waals surface area contributed by atoms with Crippen LogP contribution in [0.15, 0.2) is 4.99 Å². The highest BCUT2D eigenvalue weighted by atomic mass is 15.2. The fourth-order valence-electron chi connectivity index (χ4n) is 3.64. The molecule has 2 aliphatic heterocycles. The molecular weight excluding hydrogens is 274 g/mol. The van der Waals surface area contributed by atoms with Gasteiger partial charge in [0.2, 0.25) is 0 Å².